The second kappa shape index (κ2) is 11.8. The van der Waals surface area contributed by atoms with Crippen LogP contribution in [0.3, 0.4) is 0 Å². The van der Waals surface area contributed by atoms with Gasteiger partial charge in [-0.25, -0.2) is 4.79 Å². The fourth-order valence-corrected chi connectivity index (χ4v) is 2.14. The van der Waals surface area contributed by atoms with Gasteiger partial charge in [-0.15, -0.1) is 0 Å². The van der Waals surface area contributed by atoms with Gasteiger partial charge in [0.2, 0.25) is 0 Å². The standard InChI is InChI=1S/C10H11ClO3.C10H12O3/c1-6-5-8(11)3-4-9(6)14-7(2)10(12)13;11-10(12)7-4-8-13-9-5-2-1-3-6-9/h3-5,7H,1-2H3,(H,12,13);1-3,5-6H,4,7-8H2,(H,11,12). The molecule has 2 rings (SSSR count). The Morgan fingerprint density at radius 1 is 1.11 bits per heavy atom. The fourth-order valence-electron chi connectivity index (χ4n) is 1.92. The van der Waals surface area contributed by atoms with Gasteiger partial charge in [0.25, 0.3) is 0 Å². The summed E-state index contributed by atoms with van der Waals surface area (Å²) in [6, 6.07) is 14.4. The van der Waals surface area contributed by atoms with Crippen LogP contribution >= 0.6 is 11.6 Å². The van der Waals surface area contributed by atoms with Crippen molar-refractivity contribution in [2.24, 2.45) is 0 Å². The van der Waals surface area contributed by atoms with E-state index in [0.29, 0.717) is 23.8 Å². The van der Waals surface area contributed by atoms with Gasteiger partial charge in [-0.2, -0.15) is 0 Å². The molecule has 0 aliphatic rings. The second-order valence-corrected chi connectivity index (χ2v) is 6.10. The Bertz CT molecular complexity index is 733. The molecule has 2 N–H and O–H groups in total. The van der Waals surface area contributed by atoms with Crippen LogP contribution in [0.2, 0.25) is 5.02 Å². The van der Waals surface area contributed by atoms with Crippen LogP contribution in [0.4, 0.5) is 0 Å². The Kier molecular flexibility index (Phi) is 9.75. The van der Waals surface area contributed by atoms with Crippen LogP contribution in [0.5, 0.6) is 11.5 Å². The van der Waals surface area contributed by atoms with Crippen molar-refractivity contribution in [3.05, 3.63) is 59.1 Å². The van der Waals surface area contributed by atoms with E-state index in [4.69, 9.17) is 31.3 Å². The highest BCUT2D eigenvalue weighted by Gasteiger charge is 2.13. The van der Waals surface area contributed by atoms with Gasteiger partial charge < -0.3 is 19.7 Å². The molecule has 0 saturated carbocycles. The van der Waals surface area contributed by atoms with Gasteiger partial charge in [0.05, 0.1) is 6.61 Å². The summed E-state index contributed by atoms with van der Waals surface area (Å²) in [4.78, 5) is 20.7. The van der Waals surface area contributed by atoms with Crippen LogP contribution in [-0.2, 0) is 9.59 Å². The van der Waals surface area contributed by atoms with Crippen LogP contribution in [-0.4, -0.2) is 34.9 Å². The predicted molar refractivity (Wildman–Crippen MR) is 103 cm³/mol. The normalized spacial score (nSPS) is 10.9. The highest BCUT2D eigenvalue weighted by atomic mass is 35.5. The first-order chi connectivity index (χ1) is 12.8. The van der Waals surface area contributed by atoms with E-state index >= 15 is 0 Å². The number of ether oxygens (including phenoxy) is 2. The third-order valence-electron chi connectivity index (χ3n) is 3.34. The minimum absolute atomic E-state index is 0.160. The van der Waals surface area contributed by atoms with Crippen molar-refractivity contribution in [3.8, 4) is 11.5 Å². The van der Waals surface area contributed by atoms with E-state index in [0.717, 1.165) is 11.3 Å². The molecule has 0 fully saturated rings. The minimum Gasteiger partial charge on any atom is -0.494 e. The van der Waals surface area contributed by atoms with Crippen LogP contribution in [0.25, 0.3) is 0 Å². The molecule has 0 heterocycles. The van der Waals surface area contributed by atoms with Gasteiger partial charge in [-0.05, 0) is 56.2 Å². The monoisotopic (exact) mass is 394 g/mol. The highest BCUT2D eigenvalue weighted by molar-refractivity contribution is 6.30. The summed E-state index contributed by atoms with van der Waals surface area (Å²) in [6.45, 7) is 3.75. The maximum absolute atomic E-state index is 10.5. The summed E-state index contributed by atoms with van der Waals surface area (Å²) in [5.74, 6) is -0.437. The van der Waals surface area contributed by atoms with Gasteiger partial charge in [0.15, 0.2) is 6.10 Å². The summed E-state index contributed by atoms with van der Waals surface area (Å²) in [5.41, 5.74) is 0.825. The largest absolute Gasteiger partial charge is 0.494 e. The molecular formula is C20H23ClO6. The Morgan fingerprint density at radius 2 is 1.78 bits per heavy atom. The van der Waals surface area contributed by atoms with Crippen LogP contribution in [0, 0.1) is 6.92 Å². The first-order valence-corrected chi connectivity index (χ1v) is 8.72. The van der Waals surface area contributed by atoms with Crippen LogP contribution in [0.15, 0.2) is 48.5 Å². The van der Waals surface area contributed by atoms with Crippen molar-refractivity contribution >= 4 is 23.5 Å². The molecule has 2 aromatic carbocycles. The van der Waals surface area contributed by atoms with Gasteiger partial charge in [-0.1, -0.05) is 29.8 Å². The topological polar surface area (TPSA) is 93.1 Å². The predicted octanol–water partition coefficient (Wildman–Crippen LogP) is 4.43. The molecule has 0 bridgehead atoms. The molecule has 1 atom stereocenters. The average Bonchev–Trinajstić information content (AvgIpc) is 2.62. The molecule has 0 aliphatic carbocycles. The molecule has 1 unspecified atom stereocenters. The number of para-hydroxylation sites is 1. The molecule has 0 spiro atoms. The summed E-state index contributed by atoms with van der Waals surface area (Å²) in [6.07, 6.45) is -0.147. The molecule has 7 heteroatoms. The number of carboxylic acids is 2. The Hall–Kier alpha value is -2.73. The maximum Gasteiger partial charge on any atom is 0.344 e. The van der Waals surface area contributed by atoms with Crippen LogP contribution in [0.1, 0.15) is 25.3 Å². The summed E-state index contributed by atoms with van der Waals surface area (Å²) in [7, 11) is 0. The lowest BCUT2D eigenvalue weighted by Gasteiger charge is -2.12. The smallest absolute Gasteiger partial charge is 0.344 e. The molecule has 0 aromatic heterocycles. The zero-order chi connectivity index (χ0) is 20.2. The van der Waals surface area contributed by atoms with Crippen molar-refractivity contribution < 1.29 is 29.3 Å². The summed E-state index contributed by atoms with van der Waals surface area (Å²) >= 11 is 5.74. The summed E-state index contributed by atoms with van der Waals surface area (Å²) in [5, 5.41) is 17.6. The number of aliphatic carboxylic acids is 2. The first kappa shape index (κ1) is 22.3. The van der Waals surface area contributed by atoms with Gasteiger partial charge in [0, 0.05) is 11.4 Å². The number of carboxylic acid groups (broad SMARTS) is 2. The quantitative estimate of drug-likeness (QED) is 0.643. The lowest BCUT2D eigenvalue weighted by Crippen LogP contribution is -2.23. The zero-order valence-electron chi connectivity index (χ0n) is 15.2. The molecule has 0 radical (unpaired) electrons. The van der Waals surface area contributed by atoms with E-state index in [9.17, 15) is 9.59 Å². The first-order valence-electron chi connectivity index (χ1n) is 8.35. The maximum atomic E-state index is 10.5. The molecule has 0 saturated heterocycles. The Morgan fingerprint density at radius 3 is 2.33 bits per heavy atom. The number of carbonyl (C=O) groups is 2. The van der Waals surface area contributed by atoms with Crippen molar-refractivity contribution in [1.29, 1.82) is 0 Å². The lowest BCUT2D eigenvalue weighted by molar-refractivity contribution is -0.144. The third kappa shape index (κ3) is 9.51. The number of hydrogen-bond donors (Lipinski definition) is 2. The number of halogens is 1. The Balaban J connectivity index is 0.000000271. The average molecular weight is 395 g/mol. The second-order valence-electron chi connectivity index (χ2n) is 5.67. The lowest BCUT2D eigenvalue weighted by atomic mass is 10.2. The van der Waals surface area contributed by atoms with Gasteiger partial charge >= 0.3 is 11.9 Å². The molecule has 0 aliphatic heterocycles. The van der Waals surface area contributed by atoms with E-state index in [1.54, 1.807) is 18.2 Å². The molecule has 27 heavy (non-hydrogen) atoms. The SMILES string of the molecule is Cc1cc(Cl)ccc1OC(C)C(=O)O.O=C(O)CCCOc1ccccc1. The number of rotatable bonds is 8. The van der Waals surface area contributed by atoms with Gasteiger partial charge in [-0.3, -0.25) is 4.79 Å². The van der Waals surface area contributed by atoms with Crippen molar-refractivity contribution in [1.82, 2.24) is 0 Å². The fraction of sp³-hybridized carbons (Fsp3) is 0.300. The van der Waals surface area contributed by atoms with Crippen LogP contribution < -0.4 is 9.47 Å². The number of hydrogen-bond acceptors (Lipinski definition) is 4. The van der Waals surface area contributed by atoms with E-state index in [2.05, 4.69) is 0 Å². The van der Waals surface area contributed by atoms with E-state index in [1.807, 2.05) is 37.3 Å². The van der Waals surface area contributed by atoms with Crippen molar-refractivity contribution in [3.63, 3.8) is 0 Å². The molecule has 0 amide bonds. The molecule has 6 nitrogen and oxygen atoms in total. The van der Waals surface area contributed by atoms with E-state index in [1.165, 1.54) is 6.92 Å². The number of benzene rings is 2. The minimum atomic E-state index is -0.987. The molecule has 2 aromatic rings. The van der Waals surface area contributed by atoms with Crippen molar-refractivity contribution in [2.75, 3.05) is 6.61 Å². The Labute approximate surface area is 163 Å². The highest BCUT2D eigenvalue weighted by Crippen LogP contribution is 2.22. The third-order valence-corrected chi connectivity index (χ3v) is 3.57. The van der Waals surface area contributed by atoms with Gasteiger partial charge in [0.1, 0.15) is 11.5 Å². The molecular weight excluding hydrogens is 372 g/mol. The summed E-state index contributed by atoms with van der Waals surface area (Å²) < 4.78 is 10.5. The zero-order valence-corrected chi connectivity index (χ0v) is 16.0. The van der Waals surface area contributed by atoms with E-state index in [-0.39, 0.29) is 6.42 Å². The molecule has 146 valence electrons. The number of aryl methyl sites for hydroxylation is 1. The van der Waals surface area contributed by atoms with E-state index < -0.39 is 18.0 Å². The van der Waals surface area contributed by atoms with Crippen molar-refractivity contribution in [2.45, 2.75) is 32.8 Å².